The highest BCUT2D eigenvalue weighted by Crippen LogP contribution is 2.21. The Morgan fingerprint density at radius 2 is 2.38 bits per heavy atom. The molecule has 1 rings (SSSR count). The second kappa shape index (κ2) is 6.86. The SMILES string of the molecule is CCSCCNC(=O)c1ccc(C(C)Cl)o1. The van der Waals surface area contributed by atoms with E-state index in [1.165, 1.54) is 0 Å². The van der Waals surface area contributed by atoms with Gasteiger partial charge in [-0.25, -0.2) is 0 Å². The molecule has 0 fully saturated rings. The van der Waals surface area contributed by atoms with E-state index >= 15 is 0 Å². The maximum absolute atomic E-state index is 11.6. The summed E-state index contributed by atoms with van der Waals surface area (Å²) in [6.45, 7) is 4.55. The summed E-state index contributed by atoms with van der Waals surface area (Å²) >= 11 is 7.63. The van der Waals surface area contributed by atoms with Crippen molar-refractivity contribution < 1.29 is 9.21 Å². The summed E-state index contributed by atoms with van der Waals surface area (Å²) in [5.41, 5.74) is 0. The quantitative estimate of drug-likeness (QED) is 0.632. The van der Waals surface area contributed by atoms with Crippen LogP contribution in [0, 0.1) is 0 Å². The summed E-state index contributed by atoms with van der Waals surface area (Å²) in [5.74, 6) is 2.74. The molecule has 0 aliphatic rings. The lowest BCUT2D eigenvalue weighted by atomic mass is 10.3. The normalized spacial score (nSPS) is 12.4. The summed E-state index contributed by atoms with van der Waals surface area (Å²) in [5, 5.41) is 2.58. The van der Waals surface area contributed by atoms with E-state index in [1.807, 2.05) is 0 Å². The molecule has 0 bridgehead atoms. The number of hydrogen-bond donors (Lipinski definition) is 1. The molecule has 1 aromatic rings. The van der Waals surface area contributed by atoms with Crippen molar-refractivity contribution in [2.45, 2.75) is 19.2 Å². The number of hydrogen-bond acceptors (Lipinski definition) is 3. The molecule has 0 aliphatic heterocycles. The third-order valence-electron chi connectivity index (χ3n) is 1.98. The van der Waals surface area contributed by atoms with E-state index in [-0.39, 0.29) is 11.3 Å². The Kier molecular flexibility index (Phi) is 5.77. The highest BCUT2D eigenvalue weighted by atomic mass is 35.5. The van der Waals surface area contributed by atoms with Gasteiger partial charge in [0, 0.05) is 12.3 Å². The maximum Gasteiger partial charge on any atom is 0.287 e. The van der Waals surface area contributed by atoms with Crippen molar-refractivity contribution in [3.05, 3.63) is 23.7 Å². The molecule has 3 nitrogen and oxygen atoms in total. The number of halogens is 1. The molecule has 1 N–H and O–H groups in total. The van der Waals surface area contributed by atoms with Gasteiger partial charge < -0.3 is 9.73 Å². The highest BCUT2D eigenvalue weighted by molar-refractivity contribution is 7.99. The van der Waals surface area contributed by atoms with Gasteiger partial charge in [-0.05, 0) is 24.8 Å². The number of nitrogens with one attached hydrogen (secondary N) is 1. The molecule has 0 saturated heterocycles. The minimum atomic E-state index is -0.211. The lowest BCUT2D eigenvalue weighted by molar-refractivity contribution is 0.0927. The predicted molar refractivity (Wildman–Crippen MR) is 68.3 cm³/mol. The standard InChI is InChI=1S/C11H16ClNO2S/c1-3-16-7-6-13-11(14)10-5-4-9(15-10)8(2)12/h4-5,8H,3,6-7H2,1-2H3,(H,13,14). The van der Waals surface area contributed by atoms with Gasteiger partial charge in [-0.2, -0.15) is 11.8 Å². The molecule has 0 spiro atoms. The van der Waals surface area contributed by atoms with E-state index in [4.69, 9.17) is 16.0 Å². The zero-order valence-electron chi connectivity index (χ0n) is 9.46. The highest BCUT2D eigenvalue weighted by Gasteiger charge is 2.12. The van der Waals surface area contributed by atoms with Crippen LogP contribution < -0.4 is 5.32 Å². The van der Waals surface area contributed by atoms with Crippen molar-refractivity contribution in [1.82, 2.24) is 5.32 Å². The number of thioether (sulfide) groups is 1. The zero-order chi connectivity index (χ0) is 12.0. The van der Waals surface area contributed by atoms with Gasteiger partial charge in [0.1, 0.15) is 5.76 Å². The fourth-order valence-electron chi connectivity index (χ4n) is 1.16. The number of furan rings is 1. The van der Waals surface area contributed by atoms with Crippen LogP contribution >= 0.6 is 23.4 Å². The molecule has 1 heterocycles. The van der Waals surface area contributed by atoms with Gasteiger partial charge >= 0.3 is 0 Å². The number of amides is 1. The second-order valence-electron chi connectivity index (χ2n) is 3.27. The van der Waals surface area contributed by atoms with Gasteiger partial charge in [0.15, 0.2) is 5.76 Å². The Balaban J connectivity index is 2.40. The summed E-state index contributed by atoms with van der Waals surface area (Å²) < 4.78 is 5.31. The second-order valence-corrected chi connectivity index (χ2v) is 5.32. The molecule has 0 saturated carbocycles. The average molecular weight is 262 g/mol. The first kappa shape index (κ1) is 13.5. The largest absolute Gasteiger partial charge is 0.454 e. The first-order valence-electron chi connectivity index (χ1n) is 5.25. The van der Waals surface area contributed by atoms with E-state index in [0.29, 0.717) is 18.1 Å². The van der Waals surface area contributed by atoms with Gasteiger partial charge in [-0.15, -0.1) is 11.6 Å². The Morgan fingerprint density at radius 1 is 1.62 bits per heavy atom. The van der Waals surface area contributed by atoms with Crippen molar-refractivity contribution in [1.29, 1.82) is 0 Å². The van der Waals surface area contributed by atoms with Crippen LogP contribution in [0.2, 0.25) is 0 Å². The molecule has 1 amide bonds. The van der Waals surface area contributed by atoms with Crippen molar-refractivity contribution in [2.75, 3.05) is 18.1 Å². The molecule has 16 heavy (non-hydrogen) atoms. The Bertz CT molecular complexity index is 338. The summed E-state index contributed by atoms with van der Waals surface area (Å²) in [6.07, 6.45) is 0. The van der Waals surface area contributed by atoms with E-state index < -0.39 is 0 Å². The molecule has 1 aromatic heterocycles. The molecular weight excluding hydrogens is 246 g/mol. The fourth-order valence-corrected chi connectivity index (χ4v) is 1.81. The minimum Gasteiger partial charge on any atom is -0.454 e. The van der Waals surface area contributed by atoms with E-state index in [9.17, 15) is 4.79 Å². The molecular formula is C11H16ClNO2S. The monoisotopic (exact) mass is 261 g/mol. The number of carbonyl (C=O) groups excluding carboxylic acids is 1. The third-order valence-corrected chi connectivity index (χ3v) is 3.09. The van der Waals surface area contributed by atoms with Crippen LogP contribution in [0.1, 0.15) is 35.5 Å². The van der Waals surface area contributed by atoms with Crippen molar-refractivity contribution in [3.8, 4) is 0 Å². The summed E-state index contributed by atoms with van der Waals surface area (Å²) in [4.78, 5) is 11.6. The predicted octanol–water partition coefficient (Wildman–Crippen LogP) is 3.06. The first-order valence-corrected chi connectivity index (χ1v) is 6.84. The van der Waals surface area contributed by atoms with Crippen molar-refractivity contribution in [3.63, 3.8) is 0 Å². The van der Waals surface area contributed by atoms with E-state index in [2.05, 4.69) is 12.2 Å². The third kappa shape index (κ3) is 4.10. The van der Waals surface area contributed by atoms with Crippen LogP contribution in [0.4, 0.5) is 0 Å². The van der Waals surface area contributed by atoms with Gasteiger partial charge in [-0.3, -0.25) is 4.79 Å². The number of rotatable bonds is 6. The van der Waals surface area contributed by atoms with Gasteiger partial charge in [-0.1, -0.05) is 6.92 Å². The summed E-state index contributed by atoms with van der Waals surface area (Å²) in [7, 11) is 0. The topological polar surface area (TPSA) is 42.2 Å². The zero-order valence-corrected chi connectivity index (χ0v) is 11.0. The van der Waals surface area contributed by atoms with Crippen molar-refractivity contribution in [2.24, 2.45) is 0 Å². The average Bonchev–Trinajstić information content (AvgIpc) is 2.73. The lowest BCUT2D eigenvalue weighted by Crippen LogP contribution is -2.25. The van der Waals surface area contributed by atoms with Crippen LogP contribution in [0.25, 0.3) is 0 Å². The van der Waals surface area contributed by atoms with Crippen LogP contribution in [-0.4, -0.2) is 24.0 Å². The van der Waals surface area contributed by atoms with Crippen LogP contribution in [0.5, 0.6) is 0 Å². The maximum atomic E-state index is 11.6. The molecule has 0 radical (unpaired) electrons. The molecule has 0 aliphatic carbocycles. The number of alkyl halides is 1. The smallest absolute Gasteiger partial charge is 0.287 e. The molecule has 0 aromatic carbocycles. The minimum absolute atomic E-state index is 0.180. The van der Waals surface area contributed by atoms with E-state index in [1.54, 1.807) is 30.8 Å². The lowest BCUT2D eigenvalue weighted by Gasteiger charge is -2.02. The Morgan fingerprint density at radius 3 is 2.94 bits per heavy atom. The molecule has 90 valence electrons. The van der Waals surface area contributed by atoms with Crippen molar-refractivity contribution >= 4 is 29.3 Å². The Hall–Kier alpha value is -0.610. The van der Waals surface area contributed by atoms with E-state index in [0.717, 1.165) is 11.5 Å². The van der Waals surface area contributed by atoms with Gasteiger partial charge in [0.05, 0.1) is 5.38 Å². The van der Waals surface area contributed by atoms with Crippen LogP contribution in [0.15, 0.2) is 16.5 Å². The first-order chi connectivity index (χ1) is 7.65. The van der Waals surface area contributed by atoms with Crippen LogP contribution in [0.3, 0.4) is 0 Å². The van der Waals surface area contributed by atoms with Crippen LogP contribution in [-0.2, 0) is 0 Å². The van der Waals surface area contributed by atoms with Gasteiger partial charge in [0.2, 0.25) is 0 Å². The molecule has 5 heteroatoms. The number of carbonyl (C=O) groups is 1. The van der Waals surface area contributed by atoms with Gasteiger partial charge in [0.25, 0.3) is 5.91 Å². The Labute approximate surface area is 105 Å². The summed E-state index contributed by atoms with van der Waals surface area (Å²) in [6, 6.07) is 3.38. The molecule has 1 atom stereocenters. The fraction of sp³-hybridized carbons (Fsp3) is 0.545. The molecule has 1 unspecified atom stereocenters.